The Bertz CT molecular complexity index is 391. The van der Waals surface area contributed by atoms with Crippen LogP contribution in [0.3, 0.4) is 0 Å². The number of nitrogens with two attached hydrogens (primary N) is 1. The summed E-state index contributed by atoms with van der Waals surface area (Å²) in [6.07, 6.45) is 6.27. The standard InChI is InChI=1S/C10H15N5O/c1-15(7-3-2-4-7)10(16)8-5-12-6-9(13-8)14-11/h5-7H,2-4,11H2,1H3,(H,13,14). The van der Waals surface area contributed by atoms with Gasteiger partial charge in [0.25, 0.3) is 5.91 Å². The molecule has 1 aromatic heterocycles. The summed E-state index contributed by atoms with van der Waals surface area (Å²) in [6, 6.07) is 0.351. The van der Waals surface area contributed by atoms with Crippen molar-refractivity contribution in [3.63, 3.8) is 0 Å². The quantitative estimate of drug-likeness (QED) is 0.569. The number of carbonyl (C=O) groups is 1. The fourth-order valence-corrected chi connectivity index (χ4v) is 1.66. The van der Waals surface area contributed by atoms with Gasteiger partial charge in [-0.1, -0.05) is 0 Å². The lowest BCUT2D eigenvalue weighted by atomic mass is 9.92. The Balaban J connectivity index is 2.12. The minimum atomic E-state index is -0.103. The van der Waals surface area contributed by atoms with Gasteiger partial charge in [-0.25, -0.2) is 10.8 Å². The molecule has 0 aromatic carbocycles. The van der Waals surface area contributed by atoms with E-state index in [2.05, 4.69) is 15.4 Å². The van der Waals surface area contributed by atoms with Crippen molar-refractivity contribution >= 4 is 11.7 Å². The van der Waals surface area contributed by atoms with Gasteiger partial charge in [0.05, 0.1) is 12.4 Å². The number of anilines is 1. The molecule has 3 N–H and O–H groups in total. The molecule has 6 nitrogen and oxygen atoms in total. The summed E-state index contributed by atoms with van der Waals surface area (Å²) in [7, 11) is 1.80. The molecule has 1 heterocycles. The van der Waals surface area contributed by atoms with E-state index in [9.17, 15) is 4.79 Å². The first kappa shape index (κ1) is 10.8. The van der Waals surface area contributed by atoms with Crippen molar-refractivity contribution < 1.29 is 4.79 Å². The zero-order chi connectivity index (χ0) is 11.5. The van der Waals surface area contributed by atoms with Gasteiger partial charge >= 0.3 is 0 Å². The van der Waals surface area contributed by atoms with Crippen molar-refractivity contribution in [2.24, 2.45) is 5.84 Å². The number of hydrazine groups is 1. The third kappa shape index (κ3) is 1.96. The minimum Gasteiger partial charge on any atom is -0.337 e. The van der Waals surface area contributed by atoms with E-state index in [1.54, 1.807) is 11.9 Å². The third-order valence-electron chi connectivity index (χ3n) is 2.94. The Morgan fingerprint density at radius 2 is 2.31 bits per heavy atom. The zero-order valence-corrected chi connectivity index (χ0v) is 9.18. The molecule has 2 rings (SSSR count). The highest BCUT2D eigenvalue weighted by Crippen LogP contribution is 2.24. The van der Waals surface area contributed by atoms with Gasteiger partial charge in [0.1, 0.15) is 5.69 Å². The second-order valence-corrected chi connectivity index (χ2v) is 3.93. The van der Waals surface area contributed by atoms with Gasteiger partial charge < -0.3 is 10.3 Å². The second kappa shape index (κ2) is 4.44. The van der Waals surface area contributed by atoms with Gasteiger partial charge in [-0.15, -0.1) is 0 Å². The molecule has 0 aliphatic heterocycles. The predicted molar refractivity (Wildman–Crippen MR) is 59.6 cm³/mol. The van der Waals surface area contributed by atoms with Crippen LogP contribution in [0.15, 0.2) is 12.4 Å². The third-order valence-corrected chi connectivity index (χ3v) is 2.94. The number of nitrogen functional groups attached to an aromatic ring is 1. The number of nitrogens with zero attached hydrogens (tertiary/aromatic N) is 3. The molecule has 16 heavy (non-hydrogen) atoms. The zero-order valence-electron chi connectivity index (χ0n) is 9.18. The molecular formula is C10H15N5O. The summed E-state index contributed by atoms with van der Waals surface area (Å²) in [5, 5.41) is 0. The topological polar surface area (TPSA) is 84.1 Å². The van der Waals surface area contributed by atoms with Crippen LogP contribution in [0.1, 0.15) is 29.8 Å². The van der Waals surface area contributed by atoms with Crippen LogP contribution in [0.5, 0.6) is 0 Å². The van der Waals surface area contributed by atoms with Crippen LogP contribution in [0.25, 0.3) is 0 Å². The summed E-state index contributed by atoms with van der Waals surface area (Å²) < 4.78 is 0. The van der Waals surface area contributed by atoms with Crippen LogP contribution in [0, 0.1) is 0 Å². The summed E-state index contributed by atoms with van der Waals surface area (Å²) in [6.45, 7) is 0. The van der Waals surface area contributed by atoms with Crippen molar-refractivity contribution in [3.05, 3.63) is 18.1 Å². The van der Waals surface area contributed by atoms with Crippen LogP contribution in [-0.2, 0) is 0 Å². The largest absolute Gasteiger partial charge is 0.337 e. The molecule has 0 bridgehead atoms. The van der Waals surface area contributed by atoms with E-state index in [1.807, 2.05) is 0 Å². The van der Waals surface area contributed by atoms with E-state index in [4.69, 9.17) is 5.84 Å². The Morgan fingerprint density at radius 3 is 2.88 bits per heavy atom. The number of hydrogen-bond acceptors (Lipinski definition) is 5. The van der Waals surface area contributed by atoms with Gasteiger partial charge in [-0.3, -0.25) is 9.78 Å². The molecule has 0 radical (unpaired) electrons. The number of carbonyl (C=O) groups excluding carboxylic acids is 1. The van der Waals surface area contributed by atoms with Gasteiger partial charge in [-0.2, -0.15) is 0 Å². The highest BCUT2D eigenvalue weighted by Gasteiger charge is 2.27. The van der Waals surface area contributed by atoms with Crippen LogP contribution in [0.2, 0.25) is 0 Å². The fraction of sp³-hybridized carbons (Fsp3) is 0.500. The molecule has 86 valence electrons. The van der Waals surface area contributed by atoms with Gasteiger partial charge in [0, 0.05) is 13.1 Å². The number of nitrogens with one attached hydrogen (secondary N) is 1. The van der Waals surface area contributed by atoms with Gasteiger partial charge in [0.15, 0.2) is 5.82 Å². The first-order valence-electron chi connectivity index (χ1n) is 5.28. The monoisotopic (exact) mass is 221 g/mol. The maximum absolute atomic E-state index is 12.0. The normalized spacial score (nSPS) is 15.4. The van der Waals surface area contributed by atoms with Gasteiger partial charge in [-0.05, 0) is 19.3 Å². The summed E-state index contributed by atoms with van der Waals surface area (Å²) >= 11 is 0. The molecule has 0 saturated heterocycles. The first-order chi connectivity index (χ1) is 7.72. The predicted octanol–water partition coefficient (Wildman–Crippen LogP) is 0.387. The Kier molecular flexibility index (Phi) is 3.00. The van der Waals surface area contributed by atoms with Crippen LogP contribution < -0.4 is 11.3 Å². The highest BCUT2D eigenvalue weighted by atomic mass is 16.2. The molecular weight excluding hydrogens is 206 g/mol. The molecule has 1 amide bonds. The van der Waals surface area contributed by atoms with E-state index < -0.39 is 0 Å². The minimum absolute atomic E-state index is 0.103. The summed E-state index contributed by atoms with van der Waals surface area (Å²) in [5.41, 5.74) is 2.70. The number of rotatable bonds is 3. The molecule has 0 spiro atoms. The smallest absolute Gasteiger partial charge is 0.274 e. The van der Waals surface area contributed by atoms with Crippen molar-refractivity contribution in [1.29, 1.82) is 0 Å². The van der Waals surface area contributed by atoms with Crippen molar-refractivity contribution in [2.45, 2.75) is 25.3 Å². The van der Waals surface area contributed by atoms with E-state index >= 15 is 0 Å². The van der Waals surface area contributed by atoms with Crippen LogP contribution in [0.4, 0.5) is 5.82 Å². The average Bonchev–Trinajstić information content (AvgIpc) is 2.25. The van der Waals surface area contributed by atoms with Crippen molar-refractivity contribution in [3.8, 4) is 0 Å². The first-order valence-corrected chi connectivity index (χ1v) is 5.28. The van der Waals surface area contributed by atoms with E-state index in [1.165, 1.54) is 18.8 Å². The lowest BCUT2D eigenvalue weighted by molar-refractivity contribution is 0.0645. The maximum Gasteiger partial charge on any atom is 0.274 e. The molecule has 0 atom stereocenters. The fourth-order valence-electron chi connectivity index (χ4n) is 1.66. The van der Waals surface area contributed by atoms with E-state index in [0.29, 0.717) is 17.6 Å². The average molecular weight is 221 g/mol. The number of aromatic nitrogens is 2. The number of hydrogen-bond donors (Lipinski definition) is 2. The highest BCUT2D eigenvalue weighted by molar-refractivity contribution is 5.92. The second-order valence-electron chi connectivity index (χ2n) is 3.93. The van der Waals surface area contributed by atoms with Crippen molar-refractivity contribution in [1.82, 2.24) is 14.9 Å². The SMILES string of the molecule is CN(C(=O)c1cncc(NN)n1)C1CCC1. The van der Waals surface area contributed by atoms with E-state index in [0.717, 1.165) is 12.8 Å². The number of amides is 1. The van der Waals surface area contributed by atoms with Crippen LogP contribution in [-0.4, -0.2) is 33.9 Å². The Hall–Kier alpha value is -1.69. The summed E-state index contributed by atoms with van der Waals surface area (Å²) in [4.78, 5) is 21.7. The molecule has 1 aliphatic rings. The lowest BCUT2D eigenvalue weighted by Gasteiger charge is -2.34. The van der Waals surface area contributed by atoms with Crippen molar-refractivity contribution in [2.75, 3.05) is 12.5 Å². The Morgan fingerprint density at radius 1 is 1.56 bits per heavy atom. The molecule has 6 heteroatoms. The van der Waals surface area contributed by atoms with Gasteiger partial charge in [0.2, 0.25) is 0 Å². The molecule has 1 saturated carbocycles. The molecule has 1 aromatic rings. The Labute approximate surface area is 93.8 Å². The molecule has 0 unspecified atom stereocenters. The molecule has 1 aliphatic carbocycles. The molecule has 1 fully saturated rings. The van der Waals surface area contributed by atoms with E-state index in [-0.39, 0.29) is 5.91 Å². The van der Waals surface area contributed by atoms with Crippen LogP contribution >= 0.6 is 0 Å². The summed E-state index contributed by atoms with van der Waals surface area (Å²) in [5.74, 6) is 5.51. The lowest BCUT2D eigenvalue weighted by Crippen LogP contribution is -2.41. The maximum atomic E-state index is 12.0.